The molecule has 0 nitrogen and oxygen atoms in total. The van der Waals surface area contributed by atoms with Gasteiger partial charge in [-0.25, -0.2) is 0 Å². The third-order valence-corrected chi connectivity index (χ3v) is 2.95. The Kier molecular flexibility index (Phi) is 1.56. The summed E-state index contributed by atoms with van der Waals surface area (Å²) >= 11 is 2.18. The minimum absolute atomic E-state index is 1.23. The molecule has 0 atom stereocenters. The van der Waals surface area contributed by atoms with E-state index in [-0.39, 0.29) is 0 Å². The molecule has 1 aliphatic rings. The van der Waals surface area contributed by atoms with E-state index in [9.17, 15) is 0 Å². The Balaban J connectivity index is 2.54. The number of benzene rings is 2. The maximum atomic E-state index is 2.33. The molecule has 0 N–H and O–H groups in total. The quantitative estimate of drug-likeness (QED) is 0.515. The molecule has 2 aromatic carbocycles. The molecule has 0 heterocycles. The summed E-state index contributed by atoms with van der Waals surface area (Å²) in [6.45, 7) is 0. The summed E-state index contributed by atoms with van der Waals surface area (Å²) in [5.41, 5.74) is 3.08. The second kappa shape index (κ2) is 2.64. The van der Waals surface area contributed by atoms with Gasteiger partial charge in [-0.05, 0) is 0 Å². The number of rotatable bonds is 0. The molecule has 0 saturated heterocycles. The molecule has 1 aliphatic carbocycles. The molecule has 0 aromatic heterocycles. The van der Waals surface area contributed by atoms with Crippen LogP contribution >= 0.6 is 0 Å². The van der Waals surface area contributed by atoms with Crippen LogP contribution in [-0.2, 0) is 12.8 Å². The van der Waals surface area contributed by atoms with Gasteiger partial charge >= 0.3 is 87.0 Å². The summed E-state index contributed by atoms with van der Waals surface area (Å²) in [4.78, 5) is 0. The fraction of sp³-hybridized carbons (Fsp3) is 0.167. The summed E-state index contributed by atoms with van der Waals surface area (Å²) in [5.74, 6) is 0. The second-order valence-corrected chi connectivity index (χ2v) is 3.94. The van der Waals surface area contributed by atoms with Gasteiger partial charge in [0.1, 0.15) is 0 Å². The van der Waals surface area contributed by atoms with E-state index in [1.807, 2.05) is 0 Å². The molecule has 1 heteroatoms. The zero-order chi connectivity index (χ0) is 8.84. The fourth-order valence-corrected chi connectivity index (χ4v) is 2.44. The van der Waals surface area contributed by atoms with Crippen molar-refractivity contribution in [3.05, 3.63) is 41.5 Å². The molecular weight excluding hydrogens is 151 g/mol. The molecule has 0 amide bonds. The van der Waals surface area contributed by atoms with Crippen molar-refractivity contribution in [3.8, 4) is 0 Å². The molecule has 0 spiro atoms. The van der Waals surface area contributed by atoms with Gasteiger partial charge in [-0.2, -0.15) is 0 Å². The Morgan fingerprint density at radius 3 is 2.77 bits per heavy atom. The van der Waals surface area contributed by atoms with Crippen LogP contribution in [0.4, 0.5) is 0 Å². The topological polar surface area (TPSA) is 0 Å². The van der Waals surface area contributed by atoms with Gasteiger partial charge in [0.25, 0.3) is 0 Å². The van der Waals surface area contributed by atoms with Crippen molar-refractivity contribution in [1.82, 2.24) is 0 Å². The number of hydrogen-bond acceptors (Lipinski definition) is 0. The van der Waals surface area contributed by atoms with E-state index in [1.165, 1.54) is 33.4 Å². The van der Waals surface area contributed by atoms with Gasteiger partial charge in [0, 0.05) is 0 Å². The Labute approximate surface area is 87.2 Å². The third kappa shape index (κ3) is 1.06. The summed E-state index contributed by atoms with van der Waals surface area (Å²) in [6.07, 6.45) is 2.47. The van der Waals surface area contributed by atoms with E-state index in [2.05, 4.69) is 48.0 Å². The van der Waals surface area contributed by atoms with Gasteiger partial charge < -0.3 is 0 Å². The Morgan fingerprint density at radius 1 is 1.00 bits per heavy atom. The molecule has 0 bridgehead atoms. The van der Waals surface area contributed by atoms with Crippen molar-refractivity contribution in [3.63, 3.8) is 0 Å². The van der Waals surface area contributed by atoms with Crippen molar-refractivity contribution >= 4 is 32.7 Å². The molecule has 0 saturated carbocycles. The van der Waals surface area contributed by atoms with Crippen molar-refractivity contribution in [2.24, 2.45) is 0 Å². The zero-order valence-corrected chi connectivity index (χ0v) is 7.80. The van der Waals surface area contributed by atoms with Crippen molar-refractivity contribution in [2.75, 3.05) is 0 Å². The summed E-state index contributed by atoms with van der Waals surface area (Å²) in [7, 11) is 0. The van der Waals surface area contributed by atoms with E-state index >= 15 is 0 Å². The van der Waals surface area contributed by atoms with Gasteiger partial charge in [-0.1, -0.05) is 0 Å². The van der Waals surface area contributed by atoms with E-state index in [1.54, 1.807) is 5.56 Å². The Morgan fingerprint density at radius 2 is 1.85 bits per heavy atom. The molecule has 2 aromatic rings. The van der Waals surface area contributed by atoms with Crippen LogP contribution in [0.1, 0.15) is 11.1 Å². The van der Waals surface area contributed by atoms with Crippen LogP contribution in [0, 0.1) is 0 Å². The maximum absolute atomic E-state index is 2.33. The predicted molar refractivity (Wildman–Crippen MR) is 56.7 cm³/mol. The third-order valence-electron chi connectivity index (χ3n) is 2.95. The van der Waals surface area contributed by atoms with Gasteiger partial charge in [-0.3, -0.25) is 0 Å². The molecule has 58 valence electrons. The Bertz CT molecular complexity index is 486. The number of hydrogen-bond donors (Lipinski definition) is 0. The molecule has 3 rings (SSSR count). The van der Waals surface area contributed by atoms with E-state index in [0.29, 0.717) is 0 Å². The van der Waals surface area contributed by atoms with Gasteiger partial charge in [0.15, 0.2) is 0 Å². The van der Waals surface area contributed by atoms with Crippen molar-refractivity contribution < 1.29 is 0 Å². The average Bonchev–Trinajstić information content (AvgIpc) is 2.50. The Hall–Kier alpha value is -0.703. The van der Waals surface area contributed by atoms with Gasteiger partial charge in [0.05, 0.1) is 0 Å². The van der Waals surface area contributed by atoms with Crippen LogP contribution in [0.15, 0.2) is 30.3 Å². The number of aryl methyl sites for hydroxylation is 2. The van der Waals surface area contributed by atoms with Crippen molar-refractivity contribution in [1.29, 1.82) is 0 Å². The van der Waals surface area contributed by atoms with Crippen LogP contribution in [0.5, 0.6) is 0 Å². The fourth-order valence-electron chi connectivity index (χ4n) is 2.44. The monoisotopic (exact) mass is 160 g/mol. The minimum atomic E-state index is 1.23. The van der Waals surface area contributed by atoms with E-state index < -0.39 is 0 Å². The zero-order valence-electron chi connectivity index (χ0n) is 7.80. The second-order valence-electron chi connectivity index (χ2n) is 3.94. The first-order valence-electron chi connectivity index (χ1n) is 4.86. The van der Waals surface area contributed by atoms with Crippen LogP contribution < -0.4 is 4.24 Å². The van der Waals surface area contributed by atoms with Crippen LogP contribution in [-0.4, -0.2) is 17.7 Å². The first-order valence-corrected chi connectivity index (χ1v) is 4.86. The molecule has 0 fully saturated rings. The first kappa shape index (κ1) is 7.68. The molecule has 13 heavy (non-hydrogen) atoms. The first-order chi connectivity index (χ1) is 6.34. The van der Waals surface area contributed by atoms with E-state index in [0.717, 1.165) is 0 Å². The van der Waals surface area contributed by atoms with Crippen molar-refractivity contribution in [2.45, 2.75) is 12.8 Å². The molecular formula is C12H9Li. The summed E-state index contributed by atoms with van der Waals surface area (Å²) in [5, 5.41) is 2.94. The van der Waals surface area contributed by atoms with E-state index in [4.69, 9.17) is 0 Å². The molecule has 0 unspecified atom stereocenters. The van der Waals surface area contributed by atoms with Gasteiger partial charge in [0.2, 0.25) is 0 Å². The van der Waals surface area contributed by atoms with Gasteiger partial charge in [-0.15, -0.1) is 0 Å². The molecule has 0 aliphatic heterocycles. The summed E-state index contributed by atoms with van der Waals surface area (Å²) < 4.78 is 1.39. The summed E-state index contributed by atoms with van der Waals surface area (Å²) in [6, 6.07) is 11.3. The average molecular weight is 160 g/mol. The SMILES string of the molecule is [Li][c]1cc2c3c(cccc3c1)CC2. The standard InChI is InChI=1S/C12H9.Li/c1-3-9-4-2-6-11-8-7-10(5-1)12(9)11;/h1,3-6H,7-8H2;. The van der Waals surface area contributed by atoms with Crippen LogP contribution in [0.25, 0.3) is 10.8 Å². The molecule has 0 radical (unpaired) electrons. The van der Waals surface area contributed by atoms with Crippen LogP contribution in [0.3, 0.4) is 0 Å². The van der Waals surface area contributed by atoms with Crippen LogP contribution in [0.2, 0.25) is 0 Å². The normalized spacial score (nSPS) is 14.0. The predicted octanol–water partition coefficient (Wildman–Crippen LogP) is 1.73.